The minimum atomic E-state index is -0.333. The molecule has 2 aliphatic rings. The number of quaternary nitrogens is 1. The van der Waals surface area contributed by atoms with Gasteiger partial charge in [0.25, 0.3) is 5.91 Å². The van der Waals surface area contributed by atoms with Gasteiger partial charge in [-0.05, 0) is 42.5 Å². The summed E-state index contributed by atoms with van der Waals surface area (Å²) < 4.78 is 5.15. The van der Waals surface area contributed by atoms with Gasteiger partial charge in [0.05, 0.1) is 55.4 Å². The SMILES string of the molecule is COc1ccc(N2C(=O)C[C@H]([NH+]3CCN(c4ccc(Cl)c(Cl)c4)CC3)C2=O)cc1. The molecule has 0 aromatic heterocycles. The van der Waals surface area contributed by atoms with Gasteiger partial charge in [0.15, 0.2) is 6.04 Å². The van der Waals surface area contributed by atoms with E-state index in [1.165, 1.54) is 4.90 Å². The van der Waals surface area contributed by atoms with Gasteiger partial charge in [0.1, 0.15) is 5.75 Å². The molecule has 2 saturated heterocycles. The van der Waals surface area contributed by atoms with Gasteiger partial charge < -0.3 is 14.5 Å². The summed E-state index contributed by atoms with van der Waals surface area (Å²) in [6.45, 7) is 3.13. The number of piperazine rings is 1. The zero-order valence-corrected chi connectivity index (χ0v) is 17.5. The molecular weight excluding hydrogens is 413 g/mol. The monoisotopic (exact) mass is 434 g/mol. The first-order chi connectivity index (χ1) is 14.0. The first-order valence-electron chi connectivity index (χ1n) is 9.53. The fourth-order valence-corrected chi connectivity index (χ4v) is 4.33. The highest BCUT2D eigenvalue weighted by Crippen LogP contribution is 2.28. The molecule has 152 valence electrons. The Hall–Kier alpha value is -2.28. The fourth-order valence-electron chi connectivity index (χ4n) is 4.04. The number of halogens is 2. The summed E-state index contributed by atoms with van der Waals surface area (Å²) in [4.78, 5) is 30.3. The second kappa shape index (κ2) is 8.22. The van der Waals surface area contributed by atoms with Gasteiger partial charge in [-0.25, -0.2) is 4.90 Å². The van der Waals surface area contributed by atoms with Crippen LogP contribution in [0.5, 0.6) is 5.75 Å². The number of hydrogen-bond donors (Lipinski definition) is 1. The Morgan fingerprint density at radius 2 is 1.62 bits per heavy atom. The van der Waals surface area contributed by atoms with E-state index >= 15 is 0 Å². The van der Waals surface area contributed by atoms with E-state index in [2.05, 4.69) is 4.90 Å². The average Bonchev–Trinajstić information content (AvgIpc) is 3.04. The molecule has 1 atom stereocenters. The minimum absolute atomic E-state index is 0.127. The van der Waals surface area contributed by atoms with Gasteiger partial charge in [-0.15, -0.1) is 0 Å². The van der Waals surface area contributed by atoms with Gasteiger partial charge in [-0.1, -0.05) is 23.2 Å². The number of hydrogen-bond acceptors (Lipinski definition) is 4. The Morgan fingerprint density at radius 3 is 2.24 bits per heavy atom. The number of amides is 2. The molecule has 4 rings (SSSR count). The standard InChI is InChI=1S/C21H21Cl2N3O3/c1-29-16-5-2-14(3-6-16)26-20(27)13-19(21(26)28)25-10-8-24(9-11-25)15-4-7-17(22)18(23)12-15/h2-7,12,19H,8-11,13H2,1H3/p+1/t19-/m0/s1. The molecular formula is C21H22Cl2N3O3+. The van der Waals surface area contributed by atoms with Crippen molar-refractivity contribution >= 4 is 46.4 Å². The maximum Gasteiger partial charge on any atom is 0.292 e. The van der Waals surface area contributed by atoms with Crippen LogP contribution in [0.15, 0.2) is 42.5 Å². The number of carbonyl (C=O) groups is 2. The number of nitrogens with one attached hydrogen (secondary N) is 1. The lowest BCUT2D eigenvalue weighted by Gasteiger charge is -2.35. The van der Waals surface area contributed by atoms with Gasteiger partial charge in [0.2, 0.25) is 5.91 Å². The number of nitrogens with zero attached hydrogens (tertiary/aromatic N) is 2. The van der Waals surface area contributed by atoms with E-state index in [0.29, 0.717) is 21.5 Å². The first-order valence-corrected chi connectivity index (χ1v) is 10.3. The normalized spacial score (nSPS) is 20.4. The van der Waals surface area contributed by atoms with Crippen LogP contribution in [0.2, 0.25) is 10.0 Å². The lowest BCUT2D eigenvalue weighted by atomic mass is 10.1. The smallest absolute Gasteiger partial charge is 0.292 e. The largest absolute Gasteiger partial charge is 0.497 e. The third kappa shape index (κ3) is 3.92. The molecule has 1 N–H and O–H groups in total. The van der Waals surface area contributed by atoms with Crippen LogP contribution in [0, 0.1) is 0 Å². The molecule has 0 radical (unpaired) electrons. The molecule has 2 aromatic rings. The molecule has 0 spiro atoms. The number of carbonyl (C=O) groups excluding carboxylic acids is 2. The molecule has 6 nitrogen and oxygen atoms in total. The van der Waals surface area contributed by atoms with Crippen LogP contribution in [0.1, 0.15) is 6.42 Å². The van der Waals surface area contributed by atoms with Crippen molar-refractivity contribution in [2.24, 2.45) is 0 Å². The quantitative estimate of drug-likeness (QED) is 0.748. The van der Waals surface area contributed by atoms with Crippen LogP contribution in [-0.2, 0) is 9.59 Å². The highest BCUT2D eigenvalue weighted by Gasteiger charge is 2.46. The summed E-state index contributed by atoms with van der Waals surface area (Å²) in [5.74, 6) is 0.413. The summed E-state index contributed by atoms with van der Waals surface area (Å²) in [6, 6.07) is 12.3. The summed E-state index contributed by atoms with van der Waals surface area (Å²) in [5, 5.41) is 1.07. The zero-order chi connectivity index (χ0) is 20.5. The Bertz CT molecular complexity index is 927. The first kappa shape index (κ1) is 20.0. The topological polar surface area (TPSA) is 54.3 Å². The number of rotatable bonds is 4. The van der Waals surface area contributed by atoms with Crippen LogP contribution in [0.4, 0.5) is 11.4 Å². The van der Waals surface area contributed by atoms with Crippen LogP contribution >= 0.6 is 23.2 Å². The second-order valence-corrected chi connectivity index (χ2v) is 8.08. The Morgan fingerprint density at radius 1 is 0.966 bits per heavy atom. The highest BCUT2D eigenvalue weighted by atomic mass is 35.5. The molecule has 8 heteroatoms. The maximum atomic E-state index is 13.0. The third-order valence-electron chi connectivity index (χ3n) is 5.64. The predicted molar refractivity (Wildman–Crippen MR) is 113 cm³/mol. The number of benzene rings is 2. The highest BCUT2D eigenvalue weighted by molar-refractivity contribution is 6.42. The predicted octanol–water partition coefficient (Wildman–Crippen LogP) is 2.04. The van der Waals surface area contributed by atoms with E-state index < -0.39 is 0 Å². The van der Waals surface area contributed by atoms with Crippen molar-refractivity contribution in [1.29, 1.82) is 0 Å². The molecule has 0 saturated carbocycles. The minimum Gasteiger partial charge on any atom is -0.497 e. The molecule has 2 heterocycles. The van der Waals surface area contributed by atoms with Gasteiger partial charge >= 0.3 is 0 Å². The Kier molecular flexibility index (Phi) is 5.67. The van der Waals surface area contributed by atoms with Crippen molar-refractivity contribution in [2.75, 3.05) is 43.1 Å². The van der Waals surface area contributed by atoms with Gasteiger partial charge in [0, 0.05) is 5.69 Å². The fraction of sp³-hybridized carbons (Fsp3) is 0.333. The number of imide groups is 1. The van der Waals surface area contributed by atoms with Crippen molar-refractivity contribution in [3.8, 4) is 5.75 Å². The van der Waals surface area contributed by atoms with E-state index in [1.54, 1.807) is 37.4 Å². The van der Waals surface area contributed by atoms with E-state index in [0.717, 1.165) is 36.8 Å². The molecule has 0 aliphatic carbocycles. The van der Waals surface area contributed by atoms with E-state index in [-0.39, 0.29) is 24.3 Å². The molecule has 0 bridgehead atoms. The molecule has 2 aromatic carbocycles. The van der Waals surface area contributed by atoms with Gasteiger partial charge in [-0.2, -0.15) is 0 Å². The number of anilines is 2. The van der Waals surface area contributed by atoms with E-state index in [1.807, 2.05) is 12.1 Å². The molecule has 29 heavy (non-hydrogen) atoms. The molecule has 2 amide bonds. The van der Waals surface area contributed by atoms with Crippen molar-refractivity contribution in [3.05, 3.63) is 52.5 Å². The molecule has 2 aliphatic heterocycles. The van der Waals surface area contributed by atoms with Crippen LogP contribution in [0.3, 0.4) is 0 Å². The zero-order valence-electron chi connectivity index (χ0n) is 16.0. The lowest BCUT2D eigenvalue weighted by Crippen LogP contribution is -3.19. The van der Waals surface area contributed by atoms with Crippen molar-refractivity contribution in [3.63, 3.8) is 0 Å². The summed E-state index contributed by atoms with van der Waals surface area (Å²) in [7, 11) is 1.58. The van der Waals surface area contributed by atoms with Crippen LogP contribution in [0.25, 0.3) is 0 Å². The molecule has 2 fully saturated rings. The third-order valence-corrected chi connectivity index (χ3v) is 6.38. The van der Waals surface area contributed by atoms with Crippen LogP contribution < -0.4 is 19.4 Å². The average molecular weight is 435 g/mol. The van der Waals surface area contributed by atoms with E-state index in [9.17, 15) is 9.59 Å². The van der Waals surface area contributed by atoms with Crippen molar-refractivity contribution in [1.82, 2.24) is 0 Å². The summed E-state index contributed by atoms with van der Waals surface area (Å²) >= 11 is 12.1. The maximum absolute atomic E-state index is 13.0. The molecule has 0 unspecified atom stereocenters. The van der Waals surface area contributed by atoms with Crippen molar-refractivity contribution in [2.45, 2.75) is 12.5 Å². The summed E-state index contributed by atoms with van der Waals surface area (Å²) in [5.41, 5.74) is 1.62. The summed E-state index contributed by atoms with van der Waals surface area (Å²) in [6.07, 6.45) is 0.243. The number of ether oxygens (including phenoxy) is 1. The van der Waals surface area contributed by atoms with Crippen molar-refractivity contribution < 1.29 is 19.2 Å². The van der Waals surface area contributed by atoms with Gasteiger partial charge in [-0.3, -0.25) is 9.59 Å². The van der Waals surface area contributed by atoms with Crippen LogP contribution in [-0.4, -0.2) is 51.1 Å². The Balaban J connectivity index is 1.42. The number of methoxy groups -OCH3 is 1. The second-order valence-electron chi connectivity index (χ2n) is 7.27. The lowest BCUT2D eigenvalue weighted by molar-refractivity contribution is -0.915. The Labute approximate surface area is 179 Å². The van der Waals surface area contributed by atoms with E-state index in [4.69, 9.17) is 27.9 Å².